The summed E-state index contributed by atoms with van der Waals surface area (Å²) in [6.45, 7) is 3.37. The quantitative estimate of drug-likeness (QED) is 0.833. The van der Waals surface area contributed by atoms with E-state index in [9.17, 15) is 4.79 Å². The van der Waals surface area contributed by atoms with E-state index in [1.807, 2.05) is 6.20 Å². The Labute approximate surface area is 146 Å². The third kappa shape index (κ3) is 2.04. The Morgan fingerprint density at radius 2 is 2.04 bits per heavy atom. The van der Waals surface area contributed by atoms with Gasteiger partial charge in [0.25, 0.3) is 0 Å². The molecule has 0 aliphatic carbocycles. The van der Waals surface area contributed by atoms with Crippen molar-refractivity contribution in [1.82, 2.24) is 15.3 Å². The van der Waals surface area contributed by atoms with Crippen molar-refractivity contribution in [2.45, 2.75) is 37.1 Å². The molecule has 0 unspecified atom stereocenters. The normalized spacial score (nSPS) is 23.6. The standard InChI is InChI=1S/C19H24N4O2/c1-23-14-11-22-18-15(13(10-21-18)12-2-8-25-9-3-12)16(14)17(24)19(23)4-6-20-7-5-19/h10-12,20H,2-9H2,1H3,(H,21,22). The van der Waals surface area contributed by atoms with Crippen LogP contribution in [0, 0.1) is 0 Å². The molecule has 3 aliphatic heterocycles. The zero-order valence-corrected chi connectivity index (χ0v) is 14.6. The topological polar surface area (TPSA) is 70.2 Å². The van der Waals surface area contributed by atoms with E-state index >= 15 is 0 Å². The van der Waals surface area contributed by atoms with Crippen molar-refractivity contribution in [2.75, 3.05) is 38.3 Å². The molecule has 3 aliphatic rings. The highest BCUT2D eigenvalue weighted by Crippen LogP contribution is 2.46. The van der Waals surface area contributed by atoms with Gasteiger partial charge in [-0.25, -0.2) is 4.98 Å². The Morgan fingerprint density at radius 3 is 2.80 bits per heavy atom. The van der Waals surface area contributed by atoms with Crippen molar-refractivity contribution in [1.29, 1.82) is 0 Å². The van der Waals surface area contributed by atoms with Crippen LogP contribution in [-0.4, -0.2) is 54.6 Å². The molecule has 0 saturated carbocycles. The van der Waals surface area contributed by atoms with Gasteiger partial charge in [0, 0.05) is 31.8 Å². The summed E-state index contributed by atoms with van der Waals surface area (Å²) in [5, 5.41) is 4.44. The Morgan fingerprint density at radius 1 is 1.28 bits per heavy atom. The second-order valence-corrected chi connectivity index (χ2v) is 7.54. The van der Waals surface area contributed by atoms with Crippen LogP contribution in [0.3, 0.4) is 0 Å². The summed E-state index contributed by atoms with van der Waals surface area (Å²) in [5.74, 6) is 0.727. The third-order valence-corrected chi connectivity index (χ3v) is 6.46. The fourth-order valence-electron chi connectivity index (χ4n) is 4.94. The molecule has 2 fully saturated rings. The summed E-state index contributed by atoms with van der Waals surface area (Å²) >= 11 is 0. The summed E-state index contributed by atoms with van der Waals surface area (Å²) in [5.41, 5.74) is 3.57. The van der Waals surface area contributed by atoms with Crippen LogP contribution in [0.4, 0.5) is 5.69 Å². The van der Waals surface area contributed by atoms with Crippen LogP contribution in [0.5, 0.6) is 0 Å². The van der Waals surface area contributed by atoms with Crippen LogP contribution in [0.15, 0.2) is 12.4 Å². The SMILES string of the molecule is CN1c2cnc3[nH]cc(C4CCOCC4)c3c2C(=O)C12CCNCC2. The molecule has 0 amide bonds. The van der Waals surface area contributed by atoms with Gasteiger partial charge in [-0.3, -0.25) is 4.79 Å². The Kier molecular flexibility index (Phi) is 3.40. The lowest BCUT2D eigenvalue weighted by atomic mass is 9.82. The Hall–Kier alpha value is -1.92. The summed E-state index contributed by atoms with van der Waals surface area (Å²) in [6.07, 6.45) is 7.67. The monoisotopic (exact) mass is 340 g/mol. The van der Waals surface area contributed by atoms with Gasteiger partial charge in [0.05, 0.1) is 17.4 Å². The zero-order chi connectivity index (χ0) is 17.0. The maximum Gasteiger partial charge on any atom is 0.191 e. The molecule has 2 aromatic heterocycles. The molecular formula is C19H24N4O2. The number of rotatable bonds is 1. The average Bonchev–Trinajstić information content (AvgIpc) is 3.18. The Balaban J connectivity index is 1.68. The number of hydrogen-bond acceptors (Lipinski definition) is 5. The van der Waals surface area contributed by atoms with E-state index in [-0.39, 0.29) is 5.78 Å². The average molecular weight is 340 g/mol. The van der Waals surface area contributed by atoms with Gasteiger partial charge in [-0.15, -0.1) is 0 Å². The molecule has 5 heterocycles. The number of hydrogen-bond donors (Lipinski definition) is 2. The van der Waals surface area contributed by atoms with E-state index in [2.05, 4.69) is 33.4 Å². The third-order valence-electron chi connectivity index (χ3n) is 6.46. The van der Waals surface area contributed by atoms with Gasteiger partial charge in [-0.05, 0) is 50.3 Å². The van der Waals surface area contributed by atoms with Gasteiger partial charge in [-0.2, -0.15) is 0 Å². The molecule has 0 bridgehead atoms. The van der Waals surface area contributed by atoms with Gasteiger partial charge in [0.2, 0.25) is 0 Å². The molecule has 1 spiro atoms. The number of carbonyl (C=O) groups is 1. The minimum Gasteiger partial charge on any atom is -0.381 e. The molecule has 132 valence electrons. The molecule has 0 aromatic carbocycles. The summed E-state index contributed by atoms with van der Waals surface area (Å²) < 4.78 is 5.52. The first-order valence-corrected chi connectivity index (χ1v) is 9.29. The predicted molar refractivity (Wildman–Crippen MR) is 96.5 cm³/mol. The number of aromatic amines is 1. The zero-order valence-electron chi connectivity index (χ0n) is 14.6. The Bertz CT molecular complexity index is 831. The molecule has 0 atom stereocenters. The summed E-state index contributed by atoms with van der Waals surface area (Å²) in [6, 6.07) is 0. The number of fused-ring (bicyclic) bond motifs is 3. The molecule has 6 heteroatoms. The molecule has 6 nitrogen and oxygen atoms in total. The van der Waals surface area contributed by atoms with Crippen molar-refractivity contribution >= 4 is 22.5 Å². The second-order valence-electron chi connectivity index (χ2n) is 7.54. The lowest BCUT2D eigenvalue weighted by Gasteiger charge is -2.39. The number of ketones is 1. The highest BCUT2D eigenvalue weighted by atomic mass is 16.5. The number of nitrogens with one attached hydrogen (secondary N) is 2. The van der Waals surface area contributed by atoms with Crippen molar-refractivity contribution in [3.63, 3.8) is 0 Å². The van der Waals surface area contributed by atoms with Crippen LogP contribution >= 0.6 is 0 Å². The van der Waals surface area contributed by atoms with Crippen LogP contribution in [0.25, 0.3) is 11.0 Å². The molecule has 0 radical (unpaired) electrons. The van der Waals surface area contributed by atoms with Gasteiger partial charge in [-0.1, -0.05) is 0 Å². The number of anilines is 1. The first-order valence-electron chi connectivity index (χ1n) is 9.29. The smallest absolute Gasteiger partial charge is 0.191 e. The van der Waals surface area contributed by atoms with E-state index < -0.39 is 5.54 Å². The van der Waals surface area contributed by atoms with Crippen molar-refractivity contribution < 1.29 is 9.53 Å². The lowest BCUT2D eigenvalue weighted by molar-refractivity contribution is 0.0855. The van der Waals surface area contributed by atoms with E-state index in [1.54, 1.807) is 0 Å². The maximum atomic E-state index is 13.6. The molecule has 5 rings (SSSR count). The first kappa shape index (κ1) is 15.3. The van der Waals surface area contributed by atoms with E-state index in [0.717, 1.165) is 74.3 Å². The minimum atomic E-state index is -0.395. The number of ether oxygens (including phenoxy) is 1. The number of H-pyrrole nitrogens is 1. The van der Waals surface area contributed by atoms with Crippen LogP contribution in [0.1, 0.15) is 47.5 Å². The van der Waals surface area contributed by atoms with Gasteiger partial charge in [0.1, 0.15) is 11.2 Å². The summed E-state index contributed by atoms with van der Waals surface area (Å²) in [7, 11) is 2.06. The number of Topliss-reactive ketones (excluding diaryl/α,β-unsaturated/α-hetero) is 1. The van der Waals surface area contributed by atoms with Gasteiger partial charge >= 0.3 is 0 Å². The number of carbonyl (C=O) groups excluding carboxylic acids is 1. The highest BCUT2D eigenvalue weighted by molar-refractivity contribution is 6.21. The molecule has 25 heavy (non-hydrogen) atoms. The lowest BCUT2D eigenvalue weighted by Crippen LogP contribution is -2.55. The van der Waals surface area contributed by atoms with Crippen molar-refractivity contribution in [2.24, 2.45) is 0 Å². The number of piperidine rings is 1. The number of likely N-dealkylation sites (N-methyl/N-ethyl adjacent to an activating group) is 1. The van der Waals surface area contributed by atoms with E-state index in [1.165, 1.54) is 5.56 Å². The largest absolute Gasteiger partial charge is 0.381 e. The van der Waals surface area contributed by atoms with E-state index in [0.29, 0.717) is 5.92 Å². The van der Waals surface area contributed by atoms with Crippen LogP contribution in [0.2, 0.25) is 0 Å². The predicted octanol–water partition coefficient (Wildman–Crippen LogP) is 2.21. The van der Waals surface area contributed by atoms with Crippen LogP contribution < -0.4 is 10.2 Å². The number of aromatic nitrogens is 2. The minimum absolute atomic E-state index is 0.284. The second kappa shape index (κ2) is 5.54. The van der Waals surface area contributed by atoms with E-state index in [4.69, 9.17) is 4.74 Å². The van der Waals surface area contributed by atoms with Gasteiger partial charge in [0.15, 0.2) is 5.78 Å². The van der Waals surface area contributed by atoms with Crippen LogP contribution in [-0.2, 0) is 4.74 Å². The van der Waals surface area contributed by atoms with Gasteiger partial charge < -0.3 is 19.9 Å². The molecular weight excluding hydrogens is 316 g/mol. The molecule has 2 saturated heterocycles. The fourth-order valence-corrected chi connectivity index (χ4v) is 4.94. The summed E-state index contributed by atoms with van der Waals surface area (Å²) in [4.78, 5) is 23.7. The highest BCUT2D eigenvalue weighted by Gasteiger charge is 2.51. The first-order chi connectivity index (χ1) is 12.2. The maximum absolute atomic E-state index is 13.6. The number of nitrogens with zero attached hydrogens (tertiary/aromatic N) is 2. The molecule has 2 aromatic rings. The number of pyridine rings is 1. The fraction of sp³-hybridized carbons (Fsp3) is 0.579. The van der Waals surface area contributed by atoms with Crippen molar-refractivity contribution in [3.05, 3.63) is 23.5 Å². The van der Waals surface area contributed by atoms with Crippen molar-refractivity contribution in [3.8, 4) is 0 Å². The molecule has 2 N–H and O–H groups in total.